The van der Waals surface area contributed by atoms with E-state index in [1.165, 1.54) is 179 Å². The standard InChI is InChI=1S/C34H67N2/c1-4-7-9-11-13-15-16-17-18-19-20-21-22-23-25-27-29-31-36-33-32-35(34(36)6-3)30-28-26-24-14-12-10-8-5-2/h32-33H,4-31H2,1-3H3/q+1. The molecule has 0 saturated carbocycles. The summed E-state index contributed by atoms with van der Waals surface area (Å²) in [7, 11) is 0. The molecule has 1 heterocycles. The maximum Gasteiger partial charge on any atom is 0.256 e. The Morgan fingerprint density at radius 3 is 1.22 bits per heavy atom. The molecule has 0 radical (unpaired) electrons. The first-order chi connectivity index (χ1) is 17.8. The van der Waals surface area contributed by atoms with Gasteiger partial charge in [-0.3, -0.25) is 0 Å². The van der Waals surface area contributed by atoms with Gasteiger partial charge in [0.1, 0.15) is 12.4 Å². The van der Waals surface area contributed by atoms with Crippen molar-refractivity contribution in [1.82, 2.24) is 4.57 Å². The average molecular weight is 504 g/mol. The Morgan fingerprint density at radius 2 is 0.833 bits per heavy atom. The van der Waals surface area contributed by atoms with Crippen LogP contribution in [-0.4, -0.2) is 4.57 Å². The van der Waals surface area contributed by atoms with Crippen LogP contribution in [0.3, 0.4) is 0 Å². The lowest BCUT2D eigenvalue weighted by atomic mass is 10.0. The summed E-state index contributed by atoms with van der Waals surface area (Å²) in [5.41, 5.74) is 0. The van der Waals surface area contributed by atoms with Crippen molar-refractivity contribution in [2.75, 3.05) is 0 Å². The molecule has 0 aliphatic heterocycles. The molecule has 0 saturated heterocycles. The number of hydrogen-bond acceptors (Lipinski definition) is 0. The Bertz CT molecular complexity index is 562. The Hall–Kier alpha value is -0.790. The molecular weight excluding hydrogens is 436 g/mol. The zero-order valence-corrected chi connectivity index (χ0v) is 25.3. The van der Waals surface area contributed by atoms with Gasteiger partial charge in [0, 0.05) is 6.42 Å². The van der Waals surface area contributed by atoms with Crippen LogP contribution in [0.15, 0.2) is 12.4 Å². The van der Waals surface area contributed by atoms with Crippen molar-refractivity contribution in [1.29, 1.82) is 0 Å². The molecule has 0 fully saturated rings. The van der Waals surface area contributed by atoms with Gasteiger partial charge in [-0.1, -0.05) is 156 Å². The zero-order chi connectivity index (χ0) is 25.9. The van der Waals surface area contributed by atoms with E-state index in [-0.39, 0.29) is 0 Å². The number of rotatable bonds is 28. The van der Waals surface area contributed by atoms with E-state index in [0.717, 1.165) is 6.42 Å². The van der Waals surface area contributed by atoms with Crippen molar-refractivity contribution < 1.29 is 4.57 Å². The smallest absolute Gasteiger partial charge is 0.234 e. The lowest BCUT2D eigenvalue weighted by molar-refractivity contribution is -0.704. The van der Waals surface area contributed by atoms with Crippen LogP contribution in [0.25, 0.3) is 0 Å². The highest BCUT2D eigenvalue weighted by Crippen LogP contribution is 2.14. The number of unbranched alkanes of at least 4 members (excludes halogenated alkanes) is 23. The minimum atomic E-state index is 1.16. The minimum absolute atomic E-state index is 1.16. The van der Waals surface area contributed by atoms with Crippen molar-refractivity contribution in [2.24, 2.45) is 0 Å². The molecule has 2 heteroatoms. The van der Waals surface area contributed by atoms with E-state index in [2.05, 4.69) is 42.3 Å². The Morgan fingerprint density at radius 1 is 0.472 bits per heavy atom. The van der Waals surface area contributed by atoms with Gasteiger partial charge in [-0.25, -0.2) is 9.13 Å². The van der Waals surface area contributed by atoms with Crippen LogP contribution in [0.1, 0.15) is 187 Å². The van der Waals surface area contributed by atoms with Crippen LogP contribution in [0.4, 0.5) is 0 Å². The maximum absolute atomic E-state index is 2.54. The van der Waals surface area contributed by atoms with Gasteiger partial charge in [-0.15, -0.1) is 0 Å². The minimum Gasteiger partial charge on any atom is -0.234 e. The Labute approximate surface area is 228 Å². The predicted octanol–water partition coefficient (Wildman–Crippen LogP) is 11.1. The topological polar surface area (TPSA) is 8.81 Å². The van der Waals surface area contributed by atoms with Crippen molar-refractivity contribution in [3.05, 3.63) is 18.2 Å². The Kier molecular flexibility index (Phi) is 23.9. The lowest BCUT2D eigenvalue weighted by Crippen LogP contribution is -2.37. The molecule has 0 bridgehead atoms. The van der Waals surface area contributed by atoms with E-state index in [1.807, 2.05) is 0 Å². The highest BCUT2D eigenvalue weighted by Gasteiger charge is 2.14. The van der Waals surface area contributed by atoms with Gasteiger partial charge in [0.05, 0.1) is 13.1 Å². The van der Waals surface area contributed by atoms with Gasteiger partial charge in [-0.05, 0) is 25.7 Å². The second-order valence-corrected chi connectivity index (χ2v) is 11.6. The predicted molar refractivity (Wildman–Crippen MR) is 161 cm³/mol. The molecule has 0 spiro atoms. The zero-order valence-electron chi connectivity index (χ0n) is 25.3. The maximum atomic E-state index is 2.54. The fourth-order valence-corrected chi connectivity index (χ4v) is 5.73. The molecule has 0 amide bonds. The van der Waals surface area contributed by atoms with Crippen LogP contribution >= 0.6 is 0 Å². The van der Waals surface area contributed by atoms with Crippen molar-refractivity contribution >= 4 is 0 Å². The molecule has 0 N–H and O–H groups in total. The third kappa shape index (κ3) is 18.5. The first kappa shape index (κ1) is 33.2. The van der Waals surface area contributed by atoms with Gasteiger partial charge in [-0.2, -0.15) is 0 Å². The molecule has 0 aliphatic carbocycles. The van der Waals surface area contributed by atoms with Gasteiger partial charge >= 0.3 is 0 Å². The van der Waals surface area contributed by atoms with Crippen LogP contribution in [0, 0.1) is 0 Å². The molecule has 36 heavy (non-hydrogen) atoms. The summed E-state index contributed by atoms with van der Waals surface area (Å²) in [5, 5.41) is 0. The third-order valence-electron chi connectivity index (χ3n) is 8.16. The molecular formula is C34H67N2+. The van der Waals surface area contributed by atoms with Crippen molar-refractivity contribution in [3.8, 4) is 0 Å². The van der Waals surface area contributed by atoms with Crippen LogP contribution in [0.2, 0.25) is 0 Å². The SMILES string of the molecule is CCCCCCCCCCCCCCCCCCC[n+]1ccn(CCCCCCCCCC)c1CC. The number of nitrogens with zero attached hydrogens (tertiary/aromatic N) is 2. The monoisotopic (exact) mass is 504 g/mol. The normalized spacial score (nSPS) is 11.5. The molecule has 1 aromatic rings. The van der Waals surface area contributed by atoms with Gasteiger partial charge in [0.2, 0.25) is 0 Å². The average Bonchev–Trinajstić information content (AvgIpc) is 3.29. The fourth-order valence-electron chi connectivity index (χ4n) is 5.73. The molecule has 0 atom stereocenters. The van der Waals surface area contributed by atoms with Crippen molar-refractivity contribution in [2.45, 2.75) is 201 Å². The van der Waals surface area contributed by atoms with E-state index < -0.39 is 0 Å². The number of aromatic nitrogens is 2. The van der Waals surface area contributed by atoms with E-state index in [9.17, 15) is 0 Å². The molecule has 0 aromatic carbocycles. The third-order valence-corrected chi connectivity index (χ3v) is 8.16. The summed E-state index contributed by atoms with van der Waals surface area (Å²) in [6, 6.07) is 0. The second-order valence-electron chi connectivity index (χ2n) is 11.6. The summed E-state index contributed by atoms with van der Waals surface area (Å²) in [4.78, 5) is 0. The second kappa shape index (κ2) is 25.8. The number of imidazole rings is 1. The Balaban J connectivity index is 1.94. The van der Waals surface area contributed by atoms with E-state index in [1.54, 1.807) is 0 Å². The molecule has 2 nitrogen and oxygen atoms in total. The summed E-state index contributed by atoms with van der Waals surface area (Å²) in [6.45, 7) is 9.36. The van der Waals surface area contributed by atoms with Crippen LogP contribution < -0.4 is 4.57 Å². The highest BCUT2D eigenvalue weighted by atomic mass is 15.1. The number of hydrogen-bond donors (Lipinski definition) is 0. The van der Waals surface area contributed by atoms with E-state index in [0.29, 0.717) is 0 Å². The highest BCUT2D eigenvalue weighted by molar-refractivity contribution is 4.83. The fraction of sp³-hybridized carbons (Fsp3) is 0.912. The molecule has 1 rings (SSSR count). The first-order valence-corrected chi connectivity index (χ1v) is 16.9. The first-order valence-electron chi connectivity index (χ1n) is 16.9. The molecule has 212 valence electrons. The van der Waals surface area contributed by atoms with E-state index >= 15 is 0 Å². The summed E-state index contributed by atoms with van der Waals surface area (Å²) < 4.78 is 5.07. The van der Waals surface area contributed by atoms with Crippen LogP contribution in [-0.2, 0) is 19.5 Å². The van der Waals surface area contributed by atoms with Crippen molar-refractivity contribution in [3.63, 3.8) is 0 Å². The number of aryl methyl sites for hydroxylation is 2. The van der Waals surface area contributed by atoms with Crippen LogP contribution in [0.5, 0.6) is 0 Å². The summed E-state index contributed by atoms with van der Waals surface area (Å²) in [6.07, 6.45) is 41.7. The molecule has 0 aliphatic rings. The lowest BCUT2D eigenvalue weighted by Gasteiger charge is -2.05. The van der Waals surface area contributed by atoms with Gasteiger partial charge in [0.15, 0.2) is 0 Å². The van der Waals surface area contributed by atoms with Gasteiger partial charge in [0.25, 0.3) is 5.82 Å². The quantitative estimate of drug-likeness (QED) is 0.0794. The molecule has 0 unspecified atom stereocenters. The molecule has 1 aromatic heterocycles. The largest absolute Gasteiger partial charge is 0.256 e. The summed E-state index contributed by atoms with van der Waals surface area (Å²) in [5.74, 6) is 1.54. The van der Waals surface area contributed by atoms with Gasteiger partial charge < -0.3 is 0 Å². The summed E-state index contributed by atoms with van der Waals surface area (Å²) >= 11 is 0. The van der Waals surface area contributed by atoms with E-state index in [4.69, 9.17) is 0 Å².